The van der Waals surface area contributed by atoms with Gasteiger partial charge in [0.05, 0.1) is 11.7 Å². The van der Waals surface area contributed by atoms with Crippen LogP contribution in [0.15, 0.2) is 42.6 Å². The number of aryl methyl sites for hydroxylation is 1. The van der Waals surface area contributed by atoms with Crippen molar-refractivity contribution in [3.05, 3.63) is 59.4 Å². The first-order chi connectivity index (χ1) is 11.0. The van der Waals surface area contributed by atoms with E-state index in [1.165, 1.54) is 18.2 Å². The molecule has 1 unspecified atom stereocenters. The lowest BCUT2D eigenvalue weighted by Crippen LogP contribution is -2.28. The Labute approximate surface area is 133 Å². The normalized spacial score (nSPS) is 12.0. The summed E-state index contributed by atoms with van der Waals surface area (Å²) in [5.41, 5.74) is 2.07. The van der Waals surface area contributed by atoms with Crippen LogP contribution >= 0.6 is 0 Å². The van der Waals surface area contributed by atoms with Gasteiger partial charge in [-0.15, -0.1) is 0 Å². The van der Waals surface area contributed by atoms with Crippen LogP contribution < -0.4 is 10.1 Å². The summed E-state index contributed by atoms with van der Waals surface area (Å²) in [5.74, 6) is -0.408. The Morgan fingerprint density at radius 2 is 2.09 bits per heavy atom. The maximum absolute atomic E-state index is 12.3. The van der Waals surface area contributed by atoms with Crippen LogP contribution in [0.3, 0.4) is 0 Å². The molecule has 2 aromatic rings. The number of pyridine rings is 1. The highest BCUT2D eigenvalue weighted by Gasteiger charge is 2.16. The van der Waals surface area contributed by atoms with Crippen LogP contribution in [-0.2, 0) is 0 Å². The van der Waals surface area contributed by atoms with Gasteiger partial charge in [0.15, 0.2) is 0 Å². The largest absolute Gasteiger partial charge is 0.435 e. The molecule has 0 saturated carbocycles. The molecule has 0 bridgehead atoms. The molecule has 0 aliphatic rings. The molecule has 23 heavy (non-hydrogen) atoms. The standard InChI is InChI=1S/C17H18F2N2O2/c1-3-14(15-9-11(2)7-8-20-15)21-16(22)12-5-4-6-13(10-12)23-17(18)19/h4-10,14,17H,3H2,1-2H3,(H,21,22). The van der Waals surface area contributed by atoms with Gasteiger partial charge in [-0.1, -0.05) is 13.0 Å². The number of nitrogens with zero attached hydrogens (tertiary/aromatic N) is 1. The molecule has 0 radical (unpaired) electrons. The minimum Gasteiger partial charge on any atom is -0.435 e. The number of aromatic nitrogens is 1. The number of carbonyl (C=O) groups is 1. The predicted molar refractivity (Wildman–Crippen MR) is 82.5 cm³/mol. The van der Waals surface area contributed by atoms with E-state index >= 15 is 0 Å². The van der Waals surface area contributed by atoms with Gasteiger partial charge in [0.25, 0.3) is 5.91 Å². The number of ether oxygens (including phenoxy) is 1. The second kappa shape index (κ2) is 7.67. The molecule has 1 N–H and O–H groups in total. The summed E-state index contributed by atoms with van der Waals surface area (Å²) in [4.78, 5) is 16.6. The SMILES string of the molecule is CCC(NC(=O)c1cccc(OC(F)F)c1)c1cc(C)ccn1. The van der Waals surface area contributed by atoms with Crippen LogP contribution in [0.25, 0.3) is 0 Å². The molecule has 0 saturated heterocycles. The summed E-state index contributed by atoms with van der Waals surface area (Å²) in [6.07, 6.45) is 2.35. The molecule has 6 heteroatoms. The van der Waals surface area contributed by atoms with Gasteiger partial charge in [0.2, 0.25) is 0 Å². The highest BCUT2D eigenvalue weighted by atomic mass is 19.3. The van der Waals surface area contributed by atoms with E-state index in [-0.39, 0.29) is 23.3 Å². The first kappa shape index (κ1) is 16.9. The van der Waals surface area contributed by atoms with Crippen molar-refractivity contribution in [2.45, 2.75) is 32.9 Å². The smallest absolute Gasteiger partial charge is 0.387 e. The summed E-state index contributed by atoms with van der Waals surface area (Å²) < 4.78 is 28.8. The van der Waals surface area contributed by atoms with Gasteiger partial charge in [-0.2, -0.15) is 8.78 Å². The summed E-state index contributed by atoms with van der Waals surface area (Å²) in [6.45, 7) is 0.962. The van der Waals surface area contributed by atoms with Crippen molar-refractivity contribution in [1.82, 2.24) is 10.3 Å². The number of carbonyl (C=O) groups excluding carboxylic acids is 1. The number of nitrogens with one attached hydrogen (secondary N) is 1. The van der Waals surface area contributed by atoms with Gasteiger partial charge in [0.1, 0.15) is 5.75 Å². The van der Waals surface area contributed by atoms with E-state index in [1.807, 2.05) is 26.0 Å². The Kier molecular flexibility index (Phi) is 5.62. The number of benzene rings is 1. The molecule has 1 aromatic heterocycles. The molecule has 1 atom stereocenters. The van der Waals surface area contributed by atoms with Crippen molar-refractivity contribution < 1.29 is 18.3 Å². The second-order valence-corrected chi connectivity index (χ2v) is 5.10. The minimum absolute atomic E-state index is 0.0469. The Morgan fingerprint density at radius 3 is 2.74 bits per heavy atom. The molecule has 122 valence electrons. The van der Waals surface area contributed by atoms with Crippen LogP contribution in [0.4, 0.5) is 8.78 Å². The van der Waals surface area contributed by atoms with E-state index in [9.17, 15) is 13.6 Å². The van der Waals surface area contributed by atoms with Crippen molar-refractivity contribution in [3.8, 4) is 5.75 Å². The maximum atomic E-state index is 12.3. The number of rotatable bonds is 6. The zero-order valence-electron chi connectivity index (χ0n) is 12.9. The van der Waals surface area contributed by atoms with Crippen LogP contribution in [0.1, 0.15) is 41.0 Å². The van der Waals surface area contributed by atoms with Gasteiger partial charge in [-0.3, -0.25) is 9.78 Å². The van der Waals surface area contributed by atoms with Crippen LogP contribution in [0.5, 0.6) is 5.75 Å². The third kappa shape index (κ3) is 4.74. The Hall–Kier alpha value is -2.50. The van der Waals surface area contributed by atoms with Crippen molar-refractivity contribution in [2.24, 2.45) is 0 Å². The highest BCUT2D eigenvalue weighted by Crippen LogP contribution is 2.19. The van der Waals surface area contributed by atoms with E-state index in [2.05, 4.69) is 15.0 Å². The molecule has 0 spiro atoms. The Morgan fingerprint density at radius 1 is 1.30 bits per heavy atom. The number of amides is 1. The lowest BCUT2D eigenvalue weighted by atomic mass is 10.1. The molecule has 0 aliphatic carbocycles. The predicted octanol–water partition coefficient (Wildman–Crippen LogP) is 3.87. The molecular weight excluding hydrogens is 302 g/mol. The Bertz CT molecular complexity index is 677. The third-order valence-electron chi connectivity index (χ3n) is 3.33. The zero-order chi connectivity index (χ0) is 16.8. The second-order valence-electron chi connectivity index (χ2n) is 5.10. The first-order valence-electron chi connectivity index (χ1n) is 7.28. The van der Waals surface area contributed by atoms with Gasteiger partial charge in [-0.25, -0.2) is 0 Å². The number of hydrogen-bond donors (Lipinski definition) is 1. The number of alkyl halides is 2. The van der Waals surface area contributed by atoms with Gasteiger partial charge in [0, 0.05) is 11.8 Å². The molecule has 0 fully saturated rings. The number of halogens is 2. The van der Waals surface area contributed by atoms with Gasteiger partial charge in [-0.05, 0) is 49.2 Å². The van der Waals surface area contributed by atoms with E-state index in [0.717, 1.165) is 11.3 Å². The van der Waals surface area contributed by atoms with Crippen molar-refractivity contribution >= 4 is 5.91 Å². The molecule has 1 amide bonds. The van der Waals surface area contributed by atoms with E-state index in [0.29, 0.717) is 6.42 Å². The average molecular weight is 320 g/mol. The van der Waals surface area contributed by atoms with Crippen LogP contribution in [0.2, 0.25) is 0 Å². The first-order valence-corrected chi connectivity index (χ1v) is 7.28. The molecule has 1 heterocycles. The van der Waals surface area contributed by atoms with Crippen LogP contribution in [0, 0.1) is 6.92 Å². The lowest BCUT2D eigenvalue weighted by Gasteiger charge is -2.17. The highest BCUT2D eigenvalue weighted by molar-refractivity contribution is 5.94. The van der Waals surface area contributed by atoms with Gasteiger partial charge >= 0.3 is 6.61 Å². The molecule has 2 rings (SSSR count). The fourth-order valence-electron chi connectivity index (χ4n) is 2.19. The summed E-state index contributed by atoms with van der Waals surface area (Å²) in [5, 5.41) is 2.86. The lowest BCUT2D eigenvalue weighted by molar-refractivity contribution is -0.0498. The quantitative estimate of drug-likeness (QED) is 0.879. The minimum atomic E-state index is -2.92. The molecule has 1 aromatic carbocycles. The van der Waals surface area contributed by atoms with Crippen LogP contribution in [-0.4, -0.2) is 17.5 Å². The summed E-state index contributed by atoms with van der Waals surface area (Å²) in [7, 11) is 0. The van der Waals surface area contributed by atoms with E-state index in [4.69, 9.17) is 0 Å². The summed E-state index contributed by atoms with van der Waals surface area (Å²) in [6, 6.07) is 9.25. The van der Waals surface area contributed by atoms with Crippen molar-refractivity contribution in [2.75, 3.05) is 0 Å². The van der Waals surface area contributed by atoms with Crippen molar-refractivity contribution in [1.29, 1.82) is 0 Å². The zero-order valence-corrected chi connectivity index (χ0v) is 12.9. The monoisotopic (exact) mass is 320 g/mol. The topological polar surface area (TPSA) is 51.2 Å². The fraction of sp³-hybridized carbons (Fsp3) is 0.294. The maximum Gasteiger partial charge on any atom is 0.387 e. The Balaban J connectivity index is 2.13. The molecule has 4 nitrogen and oxygen atoms in total. The molecular formula is C17H18F2N2O2. The number of hydrogen-bond acceptors (Lipinski definition) is 3. The average Bonchev–Trinajstić information content (AvgIpc) is 2.52. The third-order valence-corrected chi connectivity index (χ3v) is 3.33. The van der Waals surface area contributed by atoms with E-state index in [1.54, 1.807) is 12.3 Å². The fourth-order valence-corrected chi connectivity index (χ4v) is 2.19. The van der Waals surface area contributed by atoms with Crippen molar-refractivity contribution in [3.63, 3.8) is 0 Å². The molecule has 0 aliphatic heterocycles. The summed E-state index contributed by atoms with van der Waals surface area (Å²) >= 11 is 0. The van der Waals surface area contributed by atoms with Gasteiger partial charge < -0.3 is 10.1 Å². The van der Waals surface area contributed by atoms with E-state index < -0.39 is 6.61 Å².